The summed E-state index contributed by atoms with van der Waals surface area (Å²) in [6, 6.07) is 1.10. The van der Waals surface area contributed by atoms with Gasteiger partial charge in [0.05, 0.1) is 11.2 Å². The predicted molar refractivity (Wildman–Crippen MR) is 85.1 cm³/mol. The van der Waals surface area contributed by atoms with Gasteiger partial charge in [-0.25, -0.2) is 0 Å². The number of nitrogens with zero attached hydrogens (tertiary/aromatic N) is 1. The molecule has 116 valence electrons. The summed E-state index contributed by atoms with van der Waals surface area (Å²) in [4.78, 5) is 2.51. The minimum absolute atomic E-state index is 0.00181. The van der Waals surface area contributed by atoms with Crippen LogP contribution in [0.4, 0.5) is 0 Å². The quantitative estimate of drug-likeness (QED) is 0.801. The lowest BCUT2D eigenvalue weighted by Gasteiger charge is -2.36. The zero-order valence-electron chi connectivity index (χ0n) is 14.0. The average Bonchev–Trinajstić information content (AvgIpc) is 2.48. The van der Waals surface area contributed by atoms with Gasteiger partial charge in [-0.3, -0.25) is 4.90 Å². The van der Waals surface area contributed by atoms with Gasteiger partial charge in [-0.05, 0) is 67.0 Å². The molecule has 2 rings (SSSR count). The Morgan fingerprint density at radius 3 is 2.30 bits per heavy atom. The third-order valence-electron chi connectivity index (χ3n) is 4.59. The molecule has 3 heteroatoms. The molecule has 0 aromatic heterocycles. The van der Waals surface area contributed by atoms with Crippen LogP contribution in [-0.4, -0.2) is 47.8 Å². The van der Waals surface area contributed by atoms with Crippen LogP contribution in [-0.2, 0) is 4.74 Å². The molecule has 2 aliphatic rings. The highest BCUT2D eigenvalue weighted by atomic mass is 16.5. The van der Waals surface area contributed by atoms with Crippen LogP contribution in [0.3, 0.4) is 0 Å². The summed E-state index contributed by atoms with van der Waals surface area (Å²) in [7, 11) is 0. The summed E-state index contributed by atoms with van der Waals surface area (Å²) in [5.41, 5.74) is 1.21. The molecule has 3 nitrogen and oxygen atoms in total. The Kier molecular flexibility index (Phi) is 4.63. The van der Waals surface area contributed by atoms with Crippen molar-refractivity contribution >= 4 is 0 Å². The lowest BCUT2D eigenvalue weighted by Crippen LogP contribution is -2.51. The van der Waals surface area contributed by atoms with Crippen molar-refractivity contribution in [2.45, 2.75) is 77.2 Å². The van der Waals surface area contributed by atoms with Crippen LogP contribution in [0.1, 0.15) is 53.9 Å². The van der Waals surface area contributed by atoms with E-state index in [2.05, 4.69) is 51.4 Å². The van der Waals surface area contributed by atoms with E-state index in [0.29, 0.717) is 12.1 Å². The van der Waals surface area contributed by atoms with E-state index >= 15 is 0 Å². The van der Waals surface area contributed by atoms with Crippen LogP contribution in [0.2, 0.25) is 0 Å². The van der Waals surface area contributed by atoms with Crippen molar-refractivity contribution in [3.8, 4) is 0 Å². The second-order valence-corrected chi connectivity index (χ2v) is 7.90. The molecule has 0 unspecified atom stereocenters. The van der Waals surface area contributed by atoms with Crippen molar-refractivity contribution in [2.24, 2.45) is 0 Å². The van der Waals surface area contributed by atoms with Crippen molar-refractivity contribution in [2.75, 3.05) is 19.6 Å². The zero-order valence-corrected chi connectivity index (χ0v) is 14.0. The molecule has 2 saturated heterocycles. The highest BCUT2D eigenvalue weighted by Crippen LogP contribution is 2.37. The first-order chi connectivity index (χ1) is 9.18. The van der Waals surface area contributed by atoms with Crippen LogP contribution in [0, 0.1) is 0 Å². The van der Waals surface area contributed by atoms with Gasteiger partial charge in [-0.1, -0.05) is 12.2 Å². The largest absolute Gasteiger partial charge is 0.368 e. The van der Waals surface area contributed by atoms with E-state index in [1.807, 2.05) is 0 Å². The number of ether oxygens (including phenoxy) is 1. The fourth-order valence-electron chi connectivity index (χ4n) is 3.75. The van der Waals surface area contributed by atoms with E-state index in [1.54, 1.807) is 0 Å². The number of rotatable bonds is 4. The molecule has 0 bridgehead atoms. The van der Waals surface area contributed by atoms with Crippen molar-refractivity contribution in [1.82, 2.24) is 10.2 Å². The topological polar surface area (TPSA) is 24.5 Å². The second-order valence-electron chi connectivity index (χ2n) is 7.90. The molecule has 0 amide bonds. The second kappa shape index (κ2) is 5.78. The van der Waals surface area contributed by atoms with Crippen LogP contribution < -0.4 is 5.32 Å². The molecule has 0 aliphatic carbocycles. The van der Waals surface area contributed by atoms with Gasteiger partial charge in [-0.2, -0.15) is 0 Å². The Morgan fingerprint density at radius 2 is 1.85 bits per heavy atom. The van der Waals surface area contributed by atoms with Gasteiger partial charge in [0.15, 0.2) is 0 Å². The minimum atomic E-state index is -0.0572. The maximum absolute atomic E-state index is 6.18. The molecule has 1 atom stereocenters. The van der Waals surface area contributed by atoms with E-state index in [0.717, 1.165) is 13.0 Å². The Balaban J connectivity index is 1.82. The molecular weight excluding hydrogens is 248 g/mol. The summed E-state index contributed by atoms with van der Waals surface area (Å²) in [5, 5.41) is 3.86. The van der Waals surface area contributed by atoms with Gasteiger partial charge in [0.2, 0.25) is 0 Å². The van der Waals surface area contributed by atoms with Gasteiger partial charge >= 0.3 is 0 Å². The highest BCUT2D eigenvalue weighted by molar-refractivity contribution is 5.01. The van der Waals surface area contributed by atoms with Gasteiger partial charge in [0.1, 0.15) is 0 Å². The number of nitrogens with one attached hydrogen (secondary N) is 1. The molecule has 0 spiro atoms. The van der Waals surface area contributed by atoms with Gasteiger partial charge < -0.3 is 10.1 Å². The first-order valence-corrected chi connectivity index (χ1v) is 8.01. The van der Waals surface area contributed by atoms with Crippen molar-refractivity contribution < 1.29 is 4.74 Å². The fraction of sp³-hybridized carbons (Fsp3) is 0.882. The molecule has 2 aliphatic heterocycles. The van der Waals surface area contributed by atoms with Gasteiger partial charge in [-0.15, -0.1) is 0 Å². The van der Waals surface area contributed by atoms with Crippen molar-refractivity contribution in [1.29, 1.82) is 0 Å². The van der Waals surface area contributed by atoms with Crippen LogP contribution >= 0.6 is 0 Å². The lowest BCUT2D eigenvalue weighted by atomic mass is 9.92. The third-order valence-corrected chi connectivity index (χ3v) is 4.59. The predicted octanol–water partition coefficient (Wildman–Crippen LogP) is 2.96. The molecule has 0 radical (unpaired) electrons. The summed E-state index contributed by atoms with van der Waals surface area (Å²) in [6.07, 6.45) is 3.58. The smallest absolute Gasteiger partial charge is 0.0787 e. The van der Waals surface area contributed by atoms with E-state index < -0.39 is 0 Å². The van der Waals surface area contributed by atoms with E-state index in [9.17, 15) is 0 Å². The lowest BCUT2D eigenvalue weighted by molar-refractivity contribution is -0.0708. The number of hydrogen-bond donors (Lipinski definition) is 1. The molecule has 0 aromatic carbocycles. The molecule has 0 aromatic rings. The standard InChI is InChI=1S/C17H32N2O/c1-13(2)12-19-9-7-14(8-10-19)18-15-11-16(3,4)20-17(15,5)6/h14-15,18H,1,7-12H2,2-6H3/t15-/m0/s1. The van der Waals surface area contributed by atoms with Gasteiger partial charge in [0, 0.05) is 18.6 Å². The minimum Gasteiger partial charge on any atom is -0.368 e. The fourth-order valence-corrected chi connectivity index (χ4v) is 3.75. The monoisotopic (exact) mass is 280 g/mol. The number of likely N-dealkylation sites (tertiary alicyclic amines) is 1. The Labute approximate surface area is 124 Å². The normalized spacial score (nSPS) is 30.6. The van der Waals surface area contributed by atoms with Crippen LogP contribution in [0.25, 0.3) is 0 Å². The number of piperidine rings is 1. The van der Waals surface area contributed by atoms with E-state index in [1.165, 1.54) is 31.5 Å². The van der Waals surface area contributed by atoms with Crippen molar-refractivity contribution in [3.05, 3.63) is 12.2 Å². The number of hydrogen-bond acceptors (Lipinski definition) is 3. The van der Waals surface area contributed by atoms with E-state index in [-0.39, 0.29) is 11.2 Å². The zero-order chi connectivity index (χ0) is 15.0. The maximum Gasteiger partial charge on any atom is 0.0787 e. The Bertz CT molecular complexity index is 354. The Morgan fingerprint density at radius 1 is 1.25 bits per heavy atom. The molecule has 20 heavy (non-hydrogen) atoms. The summed E-state index contributed by atoms with van der Waals surface area (Å²) < 4.78 is 6.18. The third kappa shape index (κ3) is 4.06. The average molecular weight is 280 g/mol. The summed E-state index contributed by atoms with van der Waals surface area (Å²) in [5.74, 6) is 0. The SMILES string of the molecule is C=C(C)CN1CCC(N[C@H]2CC(C)(C)OC2(C)C)CC1. The van der Waals surface area contributed by atoms with Crippen LogP contribution in [0.15, 0.2) is 12.2 Å². The molecule has 1 N–H and O–H groups in total. The van der Waals surface area contributed by atoms with Gasteiger partial charge in [0.25, 0.3) is 0 Å². The maximum atomic E-state index is 6.18. The molecule has 2 fully saturated rings. The first kappa shape index (κ1) is 16.0. The highest BCUT2D eigenvalue weighted by Gasteiger charge is 2.46. The molecular formula is C17H32N2O. The van der Waals surface area contributed by atoms with Crippen LogP contribution in [0.5, 0.6) is 0 Å². The summed E-state index contributed by atoms with van der Waals surface area (Å²) in [6.45, 7) is 18.4. The first-order valence-electron chi connectivity index (χ1n) is 8.01. The van der Waals surface area contributed by atoms with Crippen molar-refractivity contribution in [3.63, 3.8) is 0 Å². The molecule has 0 saturated carbocycles. The Hall–Kier alpha value is -0.380. The van der Waals surface area contributed by atoms with E-state index in [4.69, 9.17) is 4.74 Å². The summed E-state index contributed by atoms with van der Waals surface area (Å²) >= 11 is 0. The molecule has 2 heterocycles.